The van der Waals surface area contributed by atoms with Gasteiger partial charge in [-0.05, 0) is 30.7 Å². The molecule has 35 heavy (non-hydrogen) atoms. The minimum atomic E-state index is -3.78. The summed E-state index contributed by atoms with van der Waals surface area (Å²) in [5.74, 6) is -2.11. The van der Waals surface area contributed by atoms with E-state index in [4.69, 9.17) is 4.74 Å². The topological polar surface area (TPSA) is 156 Å². The average molecular weight is 503 g/mol. The third-order valence-electron chi connectivity index (χ3n) is 5.80. The number of amides is 3. The number of nitro benzene ring substituents is 1. The molecule has 3 amide bonds. The maximum Gasteiger partial charge on any atom is 0.282 e. The van der Waals surface area contributed by atoms with E-state index >= 15 is 0 Å². The lowest BCUT2D eigenvalue weighted by atomic mass is 10.1. The Labute approximate surface area is 200 Å². The predicted octanol–water partition coefficient (Wildman–Crippen LogP) is 1.55. The highest BCUT2D eigenvalue weighted by Crippen LogP contribution is 2.31. The fourth-order valence-corrected chi connectivity index (χ4v) is 5.65. The molecular weight excluding hydrogens is 480 g/mol. The van der Waals surface area contributed by atoms with Crippen LogP contribution >= 0.6 is 0 Å². The molecule has 0 saturated carbocycles. The average Bonchev–Trinajstić information content (AvgIpc) is 3.08. The van der Waals surface area contributed by atoms with Gasteiger partial charge in [-0.2, -0.15) is 4.31 Å². The predicted molar refractivity (Wildman–Crippen MR) is 122 cm³/mol. The number of sulfonamides is 1. The van der Waals surface area contributed by atoms with Crippen molar-refractivity contribution >= 4 is 39.1 Å². The van der Waals surface area contributed by atoms with Crippen molar-refractivity contribution in [2.45, 2.75) is 18.2 Å². The molecule has 12 nitrogen and oxygen atoms in total. The lowest BCUT2D eigenvalue weighted by Crippen LogP contribution is -2.40. The Kier molecular flexibility index (Phi) is 6.65. The van der Waals surface area contributed by atoms with Crippen molar-refractivity contribution in [1.82, 2.24) is 9.21 Å². The number of morpholine rings is 1. The summed E-state index contributed by atoms with van der Waals surface area (Å²) in [6.45, 7) is 2.43. The first-order valence-electron chi connectivity index (χ1n) is 10.7. The van der Waals surface area contributed by atoms with Crippen LogP contribution in [0, 0.1) is 17.0 Å². The molecule has 13 heteroatoms. The van der Waals surface area contributed by atoms with E-state index in [9.17, 15) is 32.9 Å². The van der Waals surface area contributed by atoms with Crippen molar-refractivity contribution in [3.8, 4) is 0 Å². The van der Waals surface area contributed by atoms with Crippen molar-refractivity contribution in [1.29, 1.82) is 0 Å². The number of ether oxygens (including phenoxy) is 1. The number of imide groups is 1. The van der Waals surface area contributed by atoms with Gasteiger partial charge in [0.15, 0.2) is 0 Å². The first-order chi connectivity index (χ1) is 16.6. The standard InChI is InChI=1S/C22H22N4O8S/c1-14-5-6-15(13-18(14)35(32,33)24-9-11-34-12-10-24)23-19(27)7-8-25-21(28)16-3-2-4-17(26(30)31)20(16)22(25)29/h2-6,13H,7-12H2,1H3,(H,23,27). The Balaban J connectivity index is 1.45. The van der Waals surface area contributed by atoms with Gasteiger partial charge in [-0.25, -0.2) is 8.42 Å². The van der Waals surface area contributed by atoms with E-state index < -0.39 is 38.4 Å². The van der Waals surface area contributed by atoms with E-state index in [-0.39, 0.29) is 47.8 Å². The summed E-state index contributed by atoms with van der Waals surface area (Å²) >= 11 is 0. The molecule has 0 aromatic heterocycles. The maximum atomic E-state index is 13.0. The largest absolute Gasteiger partial charge is 0.379 e. The summed E-state index contributed by atoms with van der Waals surface area (Å²) in [5, 5.41) is 13.8. The second-order valence-electron chi connectivity index (χ2n) is 8.01. The van der Waals surface area contributed by atoms with Crippen LogP contribution in [0.15, 0.2) is 41.3 Å². The third-order valence-corrected chi connectivity index (χ3v) is 7.84. The summed E-state index contributed by atoms with van der Waals surface area (Å²) in [7, 11) is -3.78. The van der Waals surface area contributed by atoms with E-state index in [1.807, 2.05) is 0 Å². The second kappa shape index (κ2) is 9.52. The summed E-state index contributed by atoms with van der Waals surface area (Å²) in [4.78, 5) is 49.1. The van der Waals surface area contributed by atoms with Crippen LogP contribution in [0.5, 0.6) is 0 Å². The molecule has 4 rings (SSSR count). The zero-order chi connectivity index (χ0) is 25.3. The number of benzene rings is 2. The van der Waals surface area contributed by atoms with Gasteiger partial charge in [0.25, 0.3) is 17.5 Å². The van der Waals surface area contributed by atoms with Gasteiger partial charge in [0.05, 0.1) is 28.6 Å². The van der Waals surface area contributed by atoms with Crippen LogP contribution in [0.4, 0.5) is 11.4 Å². The molecule has 2 aromatic rings. The zero-order valence-corrected chi connectivity index (χ0v) is 19.5. The summed E-state index contributed by atoms with van der Waals surface area (Å²) < 4.78 is 32.6. The monoisotopic (exact) mass is 502 g/mol. The highest BCUT2D eigenvalue weighted by molar-refractivity contribution is 7.89. The van der Waals surface area contributed by atoms with Crippen molar-refractivity contribution in [2.75, 3.05) is 38.2 Å². The highest BCUT2D eigenvalue weighted by atomic mass is 32.2. The molecule has 1 N–H and O–H groups in total. The quantitative estimate of drug-likeness (QED) is 0.339. The van der Waals surface area contributed by atoms with Crippen LogP contribution in [0.25, 0.3) is 0 Å². The Morgan fingerprint density at radius 2 is 1.86 bits per heavy atom. The van der Waals surface area contributed by atoms with Gasteiger partial charge in [-0.15, -0.1) is 0 Å². The van der Waals surface area contributed by atoms with Crippen molar-refractivity contribution in [3.05, 3.63) is 63.2 Å². The zero-order valence-electron chi connectivity index (χ0n) is 18.7. The summed E-state index contributed by atoms with van der Waals surface area (Å²) in [5.41, 5.74) is -0.0884. The lowest BCUT2D eigenvalue weighted by Gasteiger charge is -2.26. The van der Waals surface area contributed by atoms with Crippen LogP contribution in [0.3, 0.4) is 0 Å². The van der Waals surface area contributed by atoms with E-state index in [1.165, 1.54) is 22.5 Å². The molecule has 0 radical (unpaired) electrons. The minimum Gasteiger partial charge on any atom is -0.379 e. The van der Waals surface area contributed by atoms with Crippen LogP contribution in [0.1, 0.15) is 32.7 Å². The van der Waals surface area contributed by atoms with Gasteiger partial charge in [0.1, 0.15) is 5.56 Å². The van der Waals surface area contributed by atoms with Gasteiger partial charge in [0, 0.05) is 37.8 Å². The van der Waals surface area contributed by atoms with E-state index in [2.05, 4.69) is 5.32 Å². The lowest BCUT2D eigenvalue weighted by molar-refractivity contribution is -0.385. The first-order valence-corrected chi connectivity index (χ1v) is 12.2. The molecule has 1 fully saturated rings. The number of nitrogens with zero attached hydrogens (tertiary/aromatic N) is 3. The Morgan fingerprint density at radius 3 is 2.54 bits per heavy atom. The SMILES string of the molecule is Cc1ccc(NC(=O)CCN2C(=O)c3cccc([N+](=O)[O-])c3C2=O)cc1S(=O)(=O)N1CCOCC1. The molecule has 0 atom stereocenters. The molecule has 0 aliphatic carbocycles. The van der Waals surface area contributed by atoms with Gasteiger partial charge in [-0.3, -0.25) is 29.4 Å². The molecule has 0 unspecified atom stereocenters. The molecule has 184 valence electrons. The van der Waals surface area contributed by atoms with Crippen LogP contribution in [0.2, 0.25) is 0 Å². The summed E-state index contributed by atoms with van der Waals surface area (Å²) in [6, 6.07) is 8.27. The second-order valence-corrected chi connectivity index (χ2v) is 9.92. The smallest absolute Gasteiger partial charge is 0.282 e. The number of nitrogens with one attached hydrogen (secondary N) is 1. The van der Waals surface area contributed by atoms with Crippen LogP contribution < -0.4 is 5.32 Å². The van der Waals surface area contributed by atoms with Crippen molar-refractivity contribution < 1.29 is 32.5 Å². The molecule has 0 bridgehead atoms. The van der Waals surface area contributed by atoms with Gasteiger partial charge in [0.2, 0.25) is 15.9 Å². The van der Waals surface area contributed by atoms with Gasteiger partial charge < -0.3 is 10.1 Å². The summed E-state index contributed by atoms with van der Waals surface area (Å²) in [6.07, 6.45) is -0.279. The van der Waals surface area contributed by atoms with Gasteiger partial charge in [-0.1, -0.05) is 12.1 Å². The van der Waals surface area contributed by atoms with E-state index in [0.29, 0.717) is 18.8 Å². The molecule has 2 heterocycles. The number of rotatable bonds is 7. The first kappa shape index (κ1) is 24.4. The molecule has 2 aliphatic rings. The molecule has 2 aromatic carbocycles. The Morgan fingerprint density at radius 1 is 1.14 bits per heavy atom. The maximum absolute atomic E-state index is 13.0. The van der Waals surface area contributed by atoms with E-state index in [0.717, 1.165) is 11.0 Å². The molecular formula is C22H22N4O8S. The number of carbonyl (C=O) groups excluding carboxylic acids is 3. The molecule has 2 aliphatic heterocycles. The Hall–Kier alpha value is -3.68. The number of hydrogen-bond acceptors (Lipinski definition) is 8. The number of hydrogen-bond donors (Lipinski definition) is 1. The van der Waals surface area contributed by atoms with E-state index in [1.54, 1.807) is 19.1 Å². The van der Waals surface area contributed by atoms with Crippen molar-refractivity contribution in [2.24, 2.45) is 0 Å². The minimum absolute atomic E-state index is 0.0601. The number of carbonyl (C=O) groups is 3. The number of aryl methyl sites for hydroxylation is 1. The fourth-order valence-electron chi connectivity index (χ4n) is 3.99. The fraction of sp³-hybridized carbons (Fsp3) is 0.318. The highest BCUT2D eigenvalue weighted by Gasteiger charge is 2.40. The molecule has 0 spiro atoms. The number of nitro groups is 1. The van der Waals surface area contributed by atoms with Crippen LogP contribution in [-0.4, -0.2) is 73.1 Å². The van der Waals surface area contributed by atoms with Gasteiger partial charge >= 0.3 is 0 Å². The normalized spacial score (nSPS) is 16.3. The van der Waals surface area contributed by atoms with Crippen molar-refractivity contribution in [3.63, 3.8) is 0 Å². The molecule has 1 saturated heterocycles. The Bertz CT molecular complexity index is 1330. The number of anilines is 1. The number of fused-ring (bicyclic) bond motifs is 1. The van der Waals surface area contributed by atoms with Crippen LogP contribution in [-0.2, 0) is 19.6 Å². The third kappa shape index (κ3) is 4.65.